The third kappa shape index (κ3) is 3.20. The molecule has 0 saturated heterocycles. The average molecular weight is 282 g/mol. The van der Waals surface area contributed by atoms with E-state index in [2.05, 4.69) is 13.8 Å². The molecule has 0 radical (unpaired) electrons. The molecule has 1 aromatic rings. The third-order valence-electron chi connectivity index (χ3n) is 4.86. The van der Waals surface area contributed by atoms with E-state index < -0.39 is 11.6 Å². The molecule has 112 valence electrons. The quantitative estimate of drug-likeness (QED) is 0.775. The van der Waals surface area contributed by atoms with Gasteiger partial charge in [-0.2, -0.15) is 0 Å². The van der Waals surface area contributed by atoms with Gasteiger partial charge < -0.3 is 4.74 Å². The first-order valence-electron chi connectivity index (χ1n) is 7.45. The van der Waals surface area contributed by atoms with Crippen LogP contribution in [0.15, 0.2) is 18.2 Å². The lowest BCUT2D eigenvalue weighted by atomic mass is 9.72. The molecule has 1 saturated carbocycles. The van der Waals surface area contributed by atoms with E-state index in [1.807, 2.05) is 0 Å². The Bertz CT molecular complexity index is 448. The van der Waals surface area contributed by atoms with E-state index in [4.69, 9.17) is 4.74 Å². The molecule has 0 aromatic heterocycles. The highest BCUT2D eigenvalue weighted by Crippen LogP contribution is 2.40. The Balaban J connectivity index is 2.11. The molecule has 20 heavy (non-hydrogen) atoms. The zero-order valence-corrected chi connectivity index (χ0v) is 12.6. The fourth-order valence-electron chi connectivity index (χ4n) is 3.32. The van der Waals surface area contributed by atoms with Gasteiger partial charge in [0.25, 0.3) is 0 Å². The van der Waals surface area contributed by atoms with Crippen LogP contribution < -0.4 is 0 Å². The Hall–Kier alpha value is -0.960. The average Bonchev–Trinajstić information content (AvgIpc) is 2.44. The zero-order valence-electron chi connectivity index (χ0n) is 12.6. The summed E-state index contributed by atoms with van der Waals surface area (Å²) in [5.41, 5.74) is 0.0925. The largest absolute Gasteiger partial charge is 0.378 e. The summed E-state index contributed by atoms with van der Waals surface area (Å²) in [5.74, 6) is -0.106. The summed E-state index contributed by atoms with van der Waals surface area (Å²) in [4.78, 5) is 0. The Morgan fingerprint density at radius 3 is 2.45 bits per heavy atom. The SMILES string of the molecule is COC1(Cc2cccc(F)c2F)CCC(C(C)C)CC1. The molecule has 3 heteroatoms. The summed E-state index contributed by atoms with van der Waals surface area (Å²) < 4.78 is 32.9. The highest BCUT2D eigenvalue weighted by molar-refractivity contribution is 5.21. The van der Waals surface area contributed by atoms with Crippen LogP contribution >= 0.6 is 0 Å². The number of hydrogen-bond donors (Lipinski definition) is 0. The van der Waals surface area contributed by atoms with Crippen LogP contribution in [0, 0.1) is 23.5 Å². The minimum atomic E-state index is -0.774. The number of rotatable bonds is 4. The number of benzene rings is 1. The van der Waals surface area contributed by atoms with Crippen molar-refractivity contribution in [3.8, 4) is 0 Å². The topological polar surface area (TPSA) is 9.23 Å². The molecule has 0 bridgehead atoms. The summed E-state index contributed by atoms with van der Waals surface area (Å²) in [6.07, 6.45) is 4.49. The van der Waals surface area contributed by atoms with Gasteiger partial charge in [-0.25, -0.2) is 8.78 Å². The maximum atomic E-state index is 13.8. The van der Waals surface area contributed by atoms with Crippen LogP contribution in [0.2, 0.25) is 0 Å². The normalized spacial score (nSPS) is 27.0. The summed E-state index contributed by atoms with van der Waals surface area (Å²) in [6.45, 7) is 4.49. The van der Waals surface area contributed by atoms with Crippen molar-refractivity contribution in [2.45, 2.75) is 51.6 Å². The van der Waals surface area contributed by atoms with Gasteiger partial charge >= 0.3 is 0 Å². The van der Waals surface area contributed by atoms with E-state index in [-0.39, 0.29) is 5.60 Å². The lowest BCUT2D eigenvalue weighted by Crippen LogP contribution is -2.39. The van der Waals surface area contributed by atoms with Gasteiger partial charge in [-0.1, -0.05) is 26.0 Å². The molecule has 0 heterocycles. The Kier molecular flexibility index (Phi) is 4.79. The standard InChI is InChI=1S/C17H24F2O/c1-12(2)13-7-9-17(20-3,10-8-13)11-14-5-4-6-15(18)16(14)19/h4-6,12-13H,7-11H2,1-3H3. The summed E-state index contributed by atoms with van der Waals surface area (Å²) in [7, 11) is 1.69. The zero-order chi connectivity index (χ0) is 14.8. The Labute approximate surface area is 120 Å². The maximum absolute atomic E-state index is 13.8. The Morgan fingerprint density at radius 2 is 1.90 bits per heavy atom. The van der Waals surface area contributed by atoms with Crippen molar-refractivity contribution < 1.29 is 13.5 Å². The predicted octanol–water partition coefficient (Wildman–Crippen LogP) is 4.74. The van der Waals surface area contributed by atoms with Gasteiger partial charge in [0, 0.05) is 13.5 Å². The summed E-state index contributed by atoms with van der Waals surface area (Å²) in [6, 6.07) is 4.39. The number of halogens is 2. The van der Waals surface area contributed by atoms with E-state index in [0.717, 1.165) is 37.7 Å². The van der Waals surface area contributed by atoms with Gasteiger partial charge in [-0.3, -0.25) is 0 Å². The molecule has 0 unspecified atom stereocenters. The number of methoxy groups -OCH3 is 1. The van der Waals surface area contributed by atoms with Crippen LogP contribution in [0.4, 0.5) is 8.78 Å². The monoisotopic (exact) mass is 282 g/mol. The van der Waals surface area contributed by atoms with E-state index in [1.54, 1.807) is 19.2 Å². The fraction of sp³-hybridized carbons (Fsp3) is 0.647. The van der Waals surface area contributed by atoms with Crippen molar-refractivity contribution in [3.05, 3.63) is 35.4 Å². The molecule has 0 amide bonds. The second-order valence-electron chi connectivity index (χ2n) is 6.36. The van der Waals surface area contributed by atoms with E-state index >= 15 is 0 Å². The van der Waals surface area contributed by atoms with Crippen LogP contribution in [0.3, 0.4) is 0 Å². The lowest BCUT2D eigenvalue weighted by molar-refractivity contribution is -0.0531. The summed E-state index contributed by atoms with van der Waals surface area (Å²) in [5, 5.41) is 0. The lowest BCUT2D eigenvalue weighted by Gasteiger charge is -2.40. The van der Waals surface area contributed by atoms with Gasteiger partial charge in [-0.05, 0) is 49.1 Å². The predicted molar refractivity (Wildman–Crippen MR) is 76.6 cm³/mol. The maximum Gasteiger partial charge on any atom is 0.162 e. The highest BCUT2D eigenvalue weighted by Gasteiger charge is 2.37. The van der Waals surface area contributed by atoms with Crippen molar-refractivity contribution in [3.63, 3.8) is 0 Å². The van der Waals surface area contributed by atoms with Crippen LogP contribution in [0.25, 0.3) is 0 Å². The molecule has 1 aliphatic carbocycles. The second-order valence-corrected chi connectivity index (χ2v) is 6.36. The first-order valence-corrected chi connectivity index (χ1v) is 7.45. The van der Waals surface area contributed by atoms with E-state index in [9.17, 15) is 8.78 Å². The van der Waals surface area contributed by atoms with Gasteiger partial charge in [0.2, 0.25) is 0 Å². The molecule has 0 atom stereocenters. The fourth-order valence-corrected chi connectivity index (χ4v) is 3.32. The smallest absolute Gasteiger partial charge is 0.162 e. The van der Waals surface area contributed by atoms with E-state index in [0.29, 0.717) is 17.9 Å². The molecular weight excluding hydrogens is 258 g/mol. The van der Waals surface area contributed by atoms with Gasteiger partial charge in [0.1, 0.15) is 0 Å². The van der Waals surface area contributed by atoms with Gasteiger partial charge in [0.15, 0.2) is 11.6 Å². The van der Waals surface area contributed by atoms with Crippen LogP contribution in [-0.4, -0.2) is 12.7 Å². The Morgan fingerprint density at radius 1 is 1.25 bits per heavy atom. The molecule has 1 nitrogen and oxygen atoms in total. The minimum absolute atomic E-state index is 0.333. The molecule has 0 aliphatic heterocycles. The van der Waals surface area contributed by atoms with Gasteiger partial charge in [0.05, 0.1) is 5.60 Å². The summed E-state index contributed by atoms with van der Waals surface area (Å²) >= 11 is 0. The molecule has 1 aliphatic rings. The van der Waals surface area contributed by atoms with Crippen molar-refractivity contribution in [2.24, 2.45) is 11.8 Å². The number of ether oxygens (including phenoxy) is 1. The minimum Gasteiger partial charge on any atom is -0.378 e. The second kappa shape index (κ2) is 6.21. The van der Waals surface area contributed by atoms with Crippen LogP contribution in [0.1, 0.15) is 45.1 Å². The van der Waals surface area contributed by atoms with Gasteiger partial charge in [-0.15, -0.1) is 0 Å². The van der Waals surface area contributed by atoms with E-state index in [1.165, 1.54) is 0 Å². The third-order valence-corrected chi connectivity index (χ3v) is 4.86. The van der Waals surface area contributed by atoms with Crippen LogP contribution in [0.5, 0.6) is 0 Å². The molecule has 1 aromatic carbocycles. The first-order chi connectivity index (χ1) is 9.47. The molecule has 0 spiro atoms. The van der Waals surface area contributed by atoms with Crippen molar-refractivity contribution >= 4 is 0 Å². The molecular formula is C17H24F2O. The van der Waals surface area contributed by atoms with Crippen molar-refractivity contribution in [2.75, 3.05) is 7.11 Å². The first kappa shape index (κ1) is 15.4. The molecule has 0 N–H and O–H groups in total. The van der Waals surface area contributed by atoms with Crippen LogP contribution in [-0.2, 0) is 11.2 Å². The van der Waals surface area contributed by atoms with Crippen molar-refractivity contribution in [1.82, 2.24) is 0 Å². The molecule has 1 fully saturated rings. The highest BCUT2D eigenvalue weighted by atomic mass is 19.2. The van der Waals surface area contributed by atoms with Crippen molar-refractivity contribution in [1.29, 1.82) is 0 Å². The number of hydrogen-bond acceptors (Lipinski definition) is 1. The molecule has 2 rings (SSSR count).